The van der Waals surface area contributed by atoms with E-state index in [1.807, 2.05) is 24.3 Å². The van der Waals surface area contributed by atoms with E-state index < -0.39 is 0 Å². The number of aromatic nitrogens is 2. The second kappa shape index (κ2) is 11.6. The van der Waals surface area contributed by atoms with Crippen LogP contribution in [0.1, 0.15) is 33.3 Å². The first-order chi connectivity index (χ1) is 15.7. The number of methoxy groups -OCH3 is 1. The van der Waals surface area contributed by atoms with E-state index in [4.69, 9.17) is 19.1 Å². The molecule has 0 fully saturated rings. The number of hydrogen-bond donors (Lipinski definition) is 2. The summed E-state index contributed by atoms with van der Waals surface area (Å²) >= 11 is 0. The molecule has 0 unspecified atom stereocenters. The molecule has 32 heavy (non-hydrogen) atoms. The molecular formula is C23H26N4O5. The molecule has 1 aliphatic rings. The van der Waals surface area contributed by atoms with Crippen molar-refractivity contribution >= 4 is 18.1 Å². The molecule has 0 saturated heterocycles. The van der Waals surface area contributed by atoms with Crippen LogP contribution in [0.25, 0.3) is 0 Å². The molecule has 0 radical (unpaired) electrons. The van der Waals surface area contributed by atoms with Crippen LogP contribution in [0.2, 0.25) is 0 Å². The van der Waals surface area contributed by atoms with Gasteiger partial charge in [-0.2, -0.15) is 0 Å². The highest BCUT2D eigenvalue weighted by Crippen LogP contribution is 2.24. The Morgan fingerprint density at radius 1 is 1.31 bits per heavy atom. The lowest BCUT2D eigenvalue weighted by molar-refractivity contribution is -0.122. The Kier molecular flexibility index (Phi) is 8.33. The molecule has 3 heterocycles. The maximum Gasteiger partial charge on any atom is 0.290 e. The Bertz CT molecular complexity index is 1020. The van der Waals surface area contributed by atoms with Crippen molar-refractivity contribution in [3.05, 3.63) is 77.3 Å². The number of carbonyl (C=O) groups is 2. The lowest BCUT2D eigenvalue weighted by atomic mass is 10.1. The van der Waals surface area contributed by atoms with E-state index in [0.29, 0.717) is 37.6 Å². The van der Waals surface area contributed by atoms with Crippen LogP contribution in [0, 0.1) is 0 Å². The van der Waals surface area contributed by atoms with Gasteiger partial charge in [-0.3, -0.25) is 14.6 Å². The number of pyridine rings is 1. The Morgan fingerprint density at radius 3 is 2.84 bits per heavy atom. The molecule has 2 N–H and O–H groups in total. The zero-order chi connectivity index (χ0) is 22.8. The molecule has 1 aliphatic heterocycles. The van der Waals surface area contributed by atoms with Crippen LogP contribution in [0.15, 0.2) is 53.2 Å². The second-order valence-electron chi connectivity index (χ2n) is 7.08. The number of rotatable bonds is 7. The van der Waals surface area contributed by atoms with Crippen LogP contribution < -0.4 is 5.32 Å². The third-order valence-corrected chi connectivity index (χ3v) is 4.95. The first-order valence-corrected chi connectivity index (χ1v) is 10.2. The molecule has 168 valence electrons. The number of benzene rings is 1. The summed E-state index contributed by atoms with van der Waals surface area (Å²) in [5, 5.41) is 10.3. The summed E-state index contributed by atoms with van der Waals surface area (Å²) in [6.07, 6.45) is 4.85. The summed E-state index contributed by atoms with van der Waals surface area (Å²) in [6.45, 7) is 1.84. The van der Waals surface area contributed by atoms with Gasteiger partial charge in [0.2, 0.25) is 5.89 Å². The normalized spacial score (nSPS) is 12.3. The quantitative estimate of drug-likeness (QED) is 0.541. The minimum Gasteiger partial charge on any atom is -0.483 e. The molecule has 0 bridgehead atoms. The largest absolute Gasteiger partial charge is 0.483 e. The van der Waals surface area contributed by atoms with Crippen molar-refractivity contribution in [2.45, 2.75) is 26.0 Å². The Balaban J connectivity index is 0.000000913. The highest BCUT2D eigenvalue weighted by molar-refractivity contribution is 5.99. The molecule has 4 rings (SSSR count). The Hall–Kier alpha value is -3.72. The number of anilines is 1. The van der Waals surface area contributed by atoms with Gasteiger partial charge in [-0.25, -0.2) is 4.98 Å². The van der Waals surface area contributed by atoms with Crippen molar-refractivity contribution in [1.29, 1.82) is 0 Å². The van der Waals surface area contributed by atoms with Gasteiger partial charge in [0.15, 0.2) is 0 Å². The van der Waals surface area contributed by atoms with Crippen molar-refractivity contribution in [1.82, 2.24) is 14.9 Å². The third kappa shape index (κ3) is 5.92. The fourth-order valence-corrected chi connectivity index (χ4v) is 3.49. The predicted octanol–water partition coefficient (Wildman–Crippen LogP) is 2.77. The zero-order valence-corrected chi connectivity index (χ0v) is 17.9. The first-order valence-electron chi connectivity index (χ1n) is 10.2. The van der Waals surface area contributed by atoms with E-state index in [9.17, 15) is 4.79 Å². The molecule has 9 nitrogen and oxygen atoms in total. The number of ether oxygens (including phenoxy) is 1. The van der Waals surface area contributed by atoms with Crippen LogP contribution in [-0.2, 0) is 35.5 Å². The lowest BCUT2D eigenvalue weighted by Gasteiger charge is -2.26. The third-order valence-electron chi connectivity index (χ3n) is 4.95. The van der Waals surface area contributed by atoms with Crippen molar-refractivity contribution in [3.8, 4) is 0 Å². The SMILES string of the molecule is COCc1nc2c(o1)CCN(C(=O)c1cnccc1NCCc1ccccc1)C2.O=CO. The van der Waals surface area contributed by atoms with Crippen LogP contribution in [0.5, 0.6) is 0 Å². The Morgan fingerprint density at radius 2 is 2.09 bits per heavy atom. The van der Waals surface area contributed by atoms with Gasteiger partial charge in [0.25, 0.3) is 12.4 Å². The number of amides is 1. The maximum absolute atomic E-state index is 13.2. The van der Waals surface area contributed by atoms with E-state index in [1.54, 1.807) is 24.4 Å². The maximum atomic E-state index is 13.2. The fraction of sp³-hybridized carbons (Fsp3) is 0.304. The van der Waals surface area contributed by atoms with Gasteiger partial charge in [0.1, 0.15) is 18.1 Å². The average molecular weight is 438 g/mol. The van der Waals surface area contributed by atoms with Gasteiger partial charge in [0.05, 0.1) is 17.8 Å². The molecule has 2 aromatic heterocycles. The van der Waals surface area contributed by atoms with Crippen molar-refractivity contribution in [2.24, 2.45) is 0 Å². The monoisotopic (exact) mass is 438 g/mol. The van der Waals surface area contributed by atoms with Gasteiger partial charge in [-0.15, -0.1) is 0 Å². The molecule has 0 saturated carbocycles. The molecule has 9 heteroatoms. The van der Waals surface area contributed by atoms with Crippen molar-refractivity contribution < 1.29 is 23.8 Å². The second-order valence-corrected chi connectivity index (χ2v) is 7.08. The molecule has 0 atom stereocenters. The van der Waals surface area contributed by atoms with Gasteiger partial charge in [-0.1, -0.05) is 30.3 Å². The molecular weight excluding hydrogens is 412 g/mol. The first kappa shape index (κ1) is 23.0. The van der Waals surface area contributed by atoms with Crippen LogP contribution >= 0.6 is 0 Å². The van der Waals surface area contributed by atoms with Gasteiger partial charge in [0, 0.05) is 39.0 Å². The van der Waals surface area contributed by atoms with Crippen molar-refractivity contribution in [2.75, 3.05) is 25.5 Å². The number of hydrogen-bond acceptors (Lipinski definition) is 7. The summed E-state index contributed by atoms with van der Waals surface area (Å²) < 4.78 is 10.8. The summed E-state index contributed by atoms with van der Waals surface area (Å²) in [7, 11) is 1.60. The lowest BCUT2D eigenvalue weighted by Crippen LogP contribution is -2.36. The number of carboxylic acid groups (broad SMARTS) is 1. The highest BCUT2D eigenvalue weighted by atomic mass is 16.5. The summed E-state index contributed by atoms with van der Waals surface area (Å²) in [5.41, 5.74) is 3.43. The van der Waals surface area contributed by atoms with Crippen LogP contribution in [-0.4, -0.2) is 52.6 Å². The van der Waals surface area contributed by atoms with Gasteiger partial charge < -0.3 is 24.5 Å². The van der Waals surface area contributed by atoms with Crippen molar-refractivity contribution in [3.63, 3.8) is 0 Å². The fourth-order valence-electron chi connectivity index (χ4n) is 3.49. The zero-order valence-electron chi connectivity index (χ0n) is 17.9. The van der Waals surface area contributed by atoms with Gasteiger partial charge in [-0.05, 0) is 18.1 Å². The number of carbonyl (C=O) groups excluding carboxylic acids is 1. The average Bonchev–Trinajstić information content (AvgIpc) is 3.22. The summed E-state index contributed by atoms with van der Waals surface area (Å²) in [4.78, 5) is 31.9. The van der Waals surface area contributed by atoms with E-state index in [1.165, 1.54) is 5.56 Å². The smallest absolute Gasteiger partial charge is 0.290 e. The summed E-state index contributed by atoms with van der Waals surface area (Å²) in [5.74, 6) is 1.34. The van der Waals surface area contributed by atoms with E-state index >= 15 is 0 Å². The highest BCUT2D eigenvalue weighted by Gasteiger charge is 2.27. The van der Waals surface area contributed by atoms with E-state index in [0.717, 1.165) is 30.1 Å². The number of oxazole rings is 1. The minimum atomic E-state index is -0.250. The molecule has 3 aromatic rings. The molecule has 1 aromatic carbocycles. The molecule has 1 amide bonds. The number of nitrogens with zero attached hydrogens (tertiary/aromatic N) is 3. The van der Waals surface area contributed by atoms with E-state index in [-0.39, 0.29) is 12.4 Å². The van der Waals surface area contributed by atoms with Gasteiger partial charge >= 0.3 is 0 Å². The number of nitrogens with one attached hydrogen (secondary N) is 1. The topological polar surface area (TPSA) is 118 Å². The van der Waals surface area contributed by atoms with Crippen LogP contribution in [0.3, 0.4) is 0 Å². The Labute approximate surface area is 186 Å². The minimum absolute atomic E-state index is 0.0535. The van der Waals surface area contributed by atoms with E-state index in [2.05, 4.69) is 27.4 Å². The molecule has 0 aliphatic carbocycles. The van der Waals surface area contributed by atoms with Crippen LogP contribution in [0.4, 0.5) is 5.69 Å². The predicted molar refractivity (Wildman–Crippen MR) is 117 cm³/mol. The number of fused-ring (bicyclic) bond motifs is 1. The summed E-state index contributed by atoms with van der Waals surface area (Å²) in [6, 6.07) is 12.1. The standard InChI is InChI=1S/C22H24N4O3.CH2O2/c1-28-15-21-25-19-14-26(12-9-20(19)29-21)22(27)17-13-23-10-8-18(17)24-11-7-16-5-3-2-4-6-16;2-1-3/h2-6,8,10,13H,7,9,11-12,14-15H2,1H3,(H,23,24);1H,(H,2,3). The molecule has 0 spiro atoms.